The molecule has 0 unspecified atom stereocenters. The molecule has 0 fully saturated rings. The number of allylic oxidation sites excluding steroid dienone is 3. The number of nitrogens with one attached hydrogen (secondary N) is 1. The van der Waals surface area contributed by atoms with Crippen LogP contribution in [0.25, 0.3) is 0 Å². The number of hydrogen-bond acceptors (Lipinski definition) is 3. The third kappa shape index (κ3) is 2.14. The van der Waals surface area contributed by atoms with E-state index in [2.05, 4.69) is 34.8 Å². The Labute approximate surface area is 124 Å². The number of benzene rings is 1. The van der Waals surface area contributed by atoms with Crippen molar-refractivity contribution in [3.8, 4) is 0 Å². The standard InChI is InChI=1S/C18H18N2O/c21-11-14-5-7-15-10-17-16(14)8-6-12-3-1-2-4-13(12)9-18(17)20-19-15/h1-5,7,19,21H,6,8-11H2. The Kier molecular flexibility index (Phi) is 3.00. The summed E-state index contributed by atoms with van der Waals surface area (Å²) < 4.78 is 0. The summed E-state index contributed by atoms with van der Waals surface area (Å²) in [6, 6.07) is 8.62. The van der Waals surface area contributed by atoms with E-state index in [1.54, 1.807) is 0 Å². The zero-order chi connectivity index (χ0) is 14.2. The largest absolute Gasteiger partial charge is 0.392 e. The van der Waals surface area contributed by atoms with Gasteiger partial charge >= 0.3 is 0 Å². The van der Waals surface area contributed by atoms with Gasteiger partial charge in [-0.25, -0.2) is 0 Å². The highest BCUT2D eigenvalue weighted by Crippen LogP contribution is 2.33. The summed E-state index contributed by atoms with van der Waals surface area (Å²) in [6.45, 7) is 0.0948. The molecule has 2 aliphatic carbocycles. The van der Waals surface area contributed by atoms with Crippen LogP contribution >= 0.6 is 0 Å². The van der Waals surface area contributed by atoms with E-state index in [9.17, 15) is 5.11 Å². The van der Waals surface area contributed by atoms with Gasteiger partial charge in [-0.05, 0) is 46.8 Å². The summed E-state index contributed by atoms with van der Waals surface area (Å²) in [6.07, 6.45) is 7.85. The highest BCUT2D eigenvalue weighted by molar-refractivity contribution is 6.04. The van der Waals surface area contributed by atoms with Crippen LogP contribution in [0.15, 0.2) is 63.9 Å². The molecule has 0 aromatic heterocycles. The molecule has 0 saturated heterocycles. The van der Waals surface area contributed by atoms with Gasteiger partial charge in [0, 0.05) is 18.5 Å². The molecule has 1 aliphatic heterocycles. The van der Waals surface area contributed by atoms with Crippen LogP contribution in [0, 0.1) is 0 Å². The SMILES string of the molecule is OCC1=CC=C2CC3=C1CCc1ccccc1CC3=NN2. The van der Waals surface area contributed by atoms with Crippen LogP contribution in [0.1, 0.15) is 24.0 Å². The average molecular weight is 278 g/mol. The van der Waals surface area contributed by atoms with E-state index in [-0.39, 0.29) is 6.61 Å². The van der Waals surface area contributed by atoms with E-state index in [0.29, 0.717) is 0 Å². The maximum absolute atomic E-state index is 9.71. The smallest absolute Gasteiger partial charge is 0.0689 e. The van der Waals surface area contributed by atoms with E-state index >= 15 is 0 Å². The zero-order valence-electron chi connectivity index (χ0n) is 11.9. The highest BCUT2D eigenvalue weighted by Gasteiger charge is 2.25. The van der Waals surface area contributed by atoms with Crippen LogP contribution in [0.3, 0.4) is 0 Å². The quantitative estimate of drug-likeness (QED) is 0.829. The Morgan fingerprint density at radius 2 is 1.86 bits per heavy atom. The molecule has 3 heteroatoms. The first-order valence-electron chi connectivity index (χ1n) is 7.48. The van der Waals surface area contributed by atoms with Gasteiger partial charge in [0.15, 0.2) is 0 Å². The lowest BCUT2D eigenvalue weighted by Gasteiger charge is -2.25. The van der Waals surface area contributed by atoms with E-state index in [4.69, 9.17) is 0 Å². The number of hydrazone groups is 1. The Morgan fingerprint density at radius 3 is 2.71 bits per heavy atom. The van der Waals surface area contributed by atoms with Gasteiger partial charge in [-0.15, -0.1) is 0 Å². The van der Waals surface area contributed by atoms with Crippen LogP contribution < -0.4 is 5.43 Å². The first kappa shape index (κ1) is 12.6. The van der Waals surface area contributed by atoms with Crippen molar-refractivity contribution in [3.63, 3.8) is 0 Å². The van der Waals surface area contributed by atoms with Crippen molar-refractivity contribution in [2.45, 2.75) is 25.7 Å². The Morgan fingerprint density at radius 1 is 1.00 bits per heavy atom. The second-order valence-corrected chi connectivity index (χ2v) is 5.79. The van der Waals surface area contributed by atoms with Crippen LogP contribution in [0.2, 0.25) is 0 Å². The molecule has 21 heavy (non-hydrogen) atoms. The first-order valence-corrected chi connectivity index (χ1v) is 7.48. The van der Waals surface area contributed by atoms with Gasteiger partial charge < -0.3 is 5.11 Å². The second-order valence-electron chi connectivity index (χ2n) is 5.79. The Balaban J connectivity index is 1.86. The molecule has 4 rings (SSSR count). The summed E-state index contributed by atoms with van der Waals surface area (Å²) in [4.78, 5) is 0. The van der Waals surface area contributed by atoms with Crippen LogP contribution in [-0.4, -0.2) is 17.4 Å². The van der Waals surface area contributed by atoms with Crippen molar-refractivity contribution < 1.29 is 5.11 Å². The summed E-state index contributed by atoms with van der Waals surface area (Å²) in [5.74, 6) is 0. The second kappa shape index (κ2) is 5.01. The number of nitrogens with zero attached hydrogens (tertiary/aromatic N) is 1. The van der Waals surface area contributed by atoms with Crippen LogP contribution in [-0.2, 0) is 12.8 Å². The fraction of sp³-hybridized carbons (Fsp3) is 0.278. The lowest BCUT2D eigenvalue weighted by molar-refractivity contribution is 0.332. The average Bonchev–Trinajstić information content (AvgIpc) is 2.63. The summed E-state index contributed by atoms with van der Waals surface area (Å²) in [5.41, 5.74) is 11.8. The molecule has 0 amide bonds. The number of fused-ring (bicyclic) bond motifs is 2. The van der Waals surface area contributed by atoms with Crippen molar-refractivity contribution in [2.24, 2.45) is 5.10 Å². The van der Waals surface area contributed by atoms with Crippen molar-refractivity contribution >= 4 is 5.71 Å². The molecule has 0 spiro atoms. The summed E-state index contributed by atoms with van der Waals surface area (Å²) in [7, 11) is 0. The number of rotatable bonds is 1. The molecule has 3 aliphatic rings. The maximum atomic E-state index is 9.71. The predicted molar refractivity (Wildman–Crippen MR) is 83.9 cm³/mol. The summed E-state index contributed by atoms with van der Waals surface area (Å²) >= 11 is 0. The van der Waals surface area contributed by atoms with Gasteiger partial charge in [0.25, 0.3) is 0 Å². The fourth-order valence-corrected chi connectivity index (χ4v) is 3.43. The van der Waals surface area contributed by atoms with Crippen molar-refractivity contribution in [1.29, 1.82) is 0 Å². The minimum absolute atomic E-state index is 0.0948. The highest BCUT2D eigenvalue weighted by atomic mass is 16.3. The monoisotopic (exact) mass is 278 g/mol. The molecule has 1 aromatic carbocycles. The topological polar surface area (TPSA) is 44.6 Å². The van der Waals surface area contributed by atoms with E-state index < -0.39 is 0 Å². The van der Waals surface area contributed by atoms with Gasteiger partial charge in [-0.1, -0.05) is 30.3 Å². The molecule has 2 bridgehead atoms. The van der Waals surface area contributed by atoms with E-state index in [0.717, 1.165) is 42.7 Å². The first-order chi connectivity index (χ1) is 10.3. The number of aryl methyl sites for hydroxylation is 1. The third-order valence-corrected chi connectivity index (χ3v) is 4.58. The summed E-state index contributed by atoms with van der Waals surface area (Å²) in [5, 5.41) is 14.3. The third-order valence-electron chi connectivity index (χ3n) is 4.58. The van der Waals surface area contributed by atoms with Crippen molar-refractivity contribution in [2.75, 3.05) is 6.61 Å². The number of aliphatic hydroxyl groups is 1. The van der Waals surface area contributed by atoms with Crippen LogP contribution in [0.5, 0.6) is 0 Å². The van der Waals surface area contributed by atoms with Gasteiger partial charge in [-0.2, -0.15) is 5.10 Å². The van der Waals surface area contributed by atoms with Gasteiger partial charge in [-0.3, -0.25) is 5.43 Å². The number of aliphatic hydroxyl groups excluding tert-OH is 1. The Hall–Kier alpha value is -2.13. The number of hydrogen-bond donors (Lipinski definition) is 2. The molecule has 0 radical (unpaired) electrons. The molecule has 1 aromatic rings. The van der Waals surface area contributed by atoms with Crippen molar-refractivity contribution in [1.82, 2.24) is 5.43 Å². The molecular weight excluding hydrogens is 260 g/mol. The lowest BCUT2D eigenvalue weighted by Crippen LogP contribution is -2.24. The zero-order valence-corrected chi connectivity index (χ0v) is 11.9. The van der Waals surface area contributed by atoms with E-state index in [1.165, 1.54) is 22.3 Å². The van der Waals surface area contributed by atoms with Gasteiger partial charge in [0.1, 0.15) is 0 Å². The molecule has 0 saturated carbocycles. The molecule has 3 nitrogen and oxygen atoms in total. The molecule has 106 valence electrons. The van der Waals surface area contributed by atoms with Crippen molar-refractivity contribution in [3.05, 3.63) is 70.0 Å². The fourth-order valence-electron chi connectivity index (χ4n) is 3.43. The molecule has 2 N–H and O–H groups in total. The molecule has 0 atom stereocenters. The molecular formula is C18H18N2O. The normalized spacial score (nSPS) is 20.1. The van der Waals surface area contributed by atoms with Gasteiger partial charge in [0.05, 0.1) is 12.3 Å². The lowest BCUT2D eigenvalue weighted by atomic mass is 9.84. The molecule has 1 heterocycles. The van der Waals surface area contributed by atoms with E-state index in [1.807, 2.05) is 12.2 Å². The minimum atomic E-state index is 0.0948. The minimum Gasteiger partial charge on any atom is -0.392 e. The maximum Gasteiger partial charge on any atom is 0.0689 e. The predicted octanol–water partition coefficient (Wildman–Crippen LogP) is 2.64. The van der Waals surface area contributed by atoms with Gasteiger partial charge in [0.2, 0.25) is 0 Å². The van der Waals surface area contributed by atoms with Crippen LogP contribution in [0.4, 0.5) is 0 Å². The Bertz CT molecular complexity index is 722.